The fourth-order valence-electron chi connectivity index (χ4n) is 3.41. The summed E-state index contributed by atoms with van der Waals surface area (Å²) in [5.74, 6) is 0. The smallest absolute Gasteiger partial charge is 0.418 e. The third-order valence-corrected chi connectivity index (χ3v) is 5.52. The monoisotopic (exact) mass is 597 g/mol. The topological polar surface area (TPSA) is 116 Å². The molecular weight excluding hydrogens is 576 g/mol. The van der Waals surface area contributed by atoms with Crippen molar-refractivity contribution in [3.63, 3.8) is 0 Å². The summed E-state index contributed by atoms with van der Waals surface area (Å²) in [7, 11) is 0. The number of nitro groups is 2. The molecular formula is C24H22ClF6N3O6. The third kappa shape index (κ3) is 8.83. The molecule has 218 valence electrons. The van der Waals surface area contributed by atoms with Crippen LogP contribution in [0.5, 0.6) is 0 Å². The number of rotatable bonds is 3. The number of alkyl halides is 6. The molecule has 0 aliphatic carbocycles. The first-order valence-electron chi connectivity index (χ1n) is 11.2. The predicted molar refractivity (Wildman–Crippen MR) is 132 cm³/mol. The van der Waals surface area contributed by atoms with Gasteiger partial charge in [-0.05, 0) is 50.5 Å². The number of carbonyl (C=O) groups excluding carboxylic acids is 1. The number of hydrogen-bond donors (Lipinski definition) is 0. The zero-order chi connectivity index (χ0) is 30.6. The summed E-state index contributed by atoms with van der Waals surface area (Å²) in [6, 6.07) is 4.86. The van der Waals surface area contributed by atoms with Gasteiger partial charge in [-0.25, -0.2) is 4.79 Å². The van der Waals surface area contributed by atoms with Gasteiger partial charge < -0.3 is 9.64 Å². The second-order valence-corrected chi connectivity index (χ2v) is 9.72. The summed E-state index contributed by atoms with van der Waals surface area (Å²) >= 11 is 5.24. The first-order valence-corrected chi connectivity index (χ1v) is 11.6. The minimum atomic E-state index is -4.72. The zero-order valence-electron chi connectivity index (χ0n) is 21.1. The summed E-state index contributed by atoms with van der Waals surface area (Å²) in [6.07, 6.45) is -8.22. The highest BCUT2D eigenvalue weighted by Gasteiger charge is 2.37. The van der Waals surface area contributed by atoms with Crippen LogP contribution in [-0.2, 0) is 17.1 Å². The molecule has 0 spiro atoms. The van der Waals surface area contributed by atoms with Crippen molar-refractivity contribution in [2.45, 2.75) is 45.1 Å². The largest absolute Gasteiger partial charge is 0.444 e. The molecule has 0 radical (unpaired) electrons. The van der Waals surface area contributed by atoms with Gasteiger partial charge in [0.25, 0.3) is 11.4 Å². The predicted octanol–water partition coefficient (Wildman–Crippen LogP) is 7.90. The average Bonchev–Trinajstić information content (AvgIpc) is 2.82. The number of amides is 1. The molecule has 1 aliphatic heterocycles. The SMILES string of the molecule is CC(C)(C)OC(=O)N1CC=C(c2ccc([N+](=O)[O-])cc2C(F)(F)F)CC1.O=[N+]([O-])c1ccc(Cl)c(C(F)(F)F)c1. The van der Waals surface area contributed by atoms with Crippen LogP contribution in [0.15, 0.2) is 42.5 Å². The van der Waals surface area contributed by atoms with Crippen LogP contribution in [0.25, 0.3) is 5.57 Å². The van der Waals surface area contributed by atoms with E-state index in [1.54, 1.807) is 20.8 Å². The van der Waals surface area contributed by atoms with Crippen molar-refractivity contribution >= 4 is 34.6 Å². The molecule has 1 aliphatic rings. The molecule has 2 aromatic carbocycles. The Hall–Kier alpha value is -3.88. The van der Waals surface area contributed by atoms with Crippen LogP contribution in [0, 0.1) is 20.2 Å². The Morgan fingerprint density at radius 1 is 0.900 bits per heavy atom. The van der Waals surface area contributed by atoms with Gasteiger partial charge >= 0.3 is 18.4 Å². The molecule has 9 nitrogen and oxygen atoms in total. The lowest BCUT2D eigenvalue weighted by atomic mass is 9.94. The summed E-state index contributed by atoms with van der Waals surface area (Å²) < 4.78 is 81.7. The van der Waals surface area contributed by atoms with Crippen molar-refractivity contribution < 1.29 is 45.7 Å². The maximum Gasteiger partial charge on any atom is 0.418 e. The highest BCUT2D eigenvalue weighted by molar-refractivity contribution is 6.31. The highest BCUT2D eigenvalue weighted by atomic mass is 35.5. The van der Waals surface area contributed by atoms with Gasteiger partial charge in [0.1, 0.15) is 5.60 Å². The van der Waals surface area contributed by atoms with Crippen molar-refractivity contribution in [2.75, 3.05) is 13.1 Å². The van der Waals surface area contributed by atoms with E-state index in [0.717, 1.165) is 24.3 Å². The molecule has 0 unspecified atom stereocenters. The number of nitro benzene ring substituents is 2. The van der Waals surface area contributed by atoms with Crippen molar-refractivity contribution in [2.24, 2.45) is 0 Å². The van der Waals surface area contributed by atoms with Gasteiger partial charge in [0, 0.05) is 37.4 Å². The molecule has 40 heavy (non-hydrogen) atoms. The Morgan fingerprint density at radius 2 is 1.40 bits per heavy atom. The van der Waals surface area contributed by atoms with Crippen molar-refractivity contribution in [1.29, 1.82) is 0 Å². The quantitative estimate of drug-likeness (QED) is 0.202. The molecule has 0 fully saturated rings. The van der Waals surface area contributed by atoms with Crippen LogP contribution in [0.1, 0.15) is 43.9 Å². The van der Waals surface area contributed by atoms with Crippen LogP contribution in [-0.4, -0.2) is 39.5 Å². The van der Waals surface area contributed by atoms with Gasteiger partial charge in [-0.2, -0.15) is 26.3 Å². The van der Waals surface area contributed by atoms with Crippen molar-refractivity contribution in [1.82, 2.24) is 4.90 Å². The van der Waals surface area contributed by atoms with E-state index >= 15 is 0 Å². The number of hydrogen-bond acceptors (Lipinski definition) is 6. The molecule has 16 heteroatoms. The van der Waals surface area contributed by atoms with E-state index in [2.05, 4.69) is 0 Å². The molecule has 3 rings (SSSR count). The molecule has 0 aromatic heterocycles. The lowest BCUT2D eigenvalue weighted by molar-refractivity contribution is -0.385. The number of halogens is 7. The third-order valence-electron chi connectivity index (χ3n) is 5.19. The molecule has 1 amide bonds. The number of carbonyl (C=O) groups is 1. The number of nitrogens with zero attached hydrogens (tertiary/aromatic N) is 3. The van der Waals surface area contributed by atoms with E-state index in [-0.39, 0.29) is 25.1 Å². The maximum absolute atomic E-state index is 13.3. The minimum absolute atomic E-state index is 0.105. The van der Waals surface area contributed by atoms with Crippen LogP contribution >= 0.6 is 11.6 Å². The van der Waals surface area contributed by atoms with E-state index in [0.29, 0.717) is 17.7 Å². The fourth-order valence-corrected chi connectivity index (χ4v) is 3.64. The average molecular weight is 598 g/mol. The Balaban J connectivity index is 0.000000337. The van der Waals surface area contributed by atoms with E-state index in [4.69, 9.17) is 16.3 Å². The number of ether oxygens (including phenoxy) is 1. The zero-order valence-corrected chi connectivity index (χ0v) is 21.9. The van der Waals surface area contributed by atoms with Gasteiger partial charge in [-0.3, -0.25) is 20.2 Å². The molecule has 2 aromatic rings. The highest BCUT2D eigenvalue weighted by Crippen LogP contribution is 2.39. The second kappa shape index (κ2) is 12.1. The molecule has 1 heterocycles. The number of non-ortho nitro benzene ring substituents is 2. The van der Waals surface area contributed by atoms with Crippen molar-refractivity contribution in [3.05, 3.63) is 84.4 Å². The Labute approximate surface area is 228 Å². The molecule has 0 N–H and O–H groups in total. The Morgan fingerprint density at radius 3 is 1.82 bits per heavy atom. The molecule has 0 saturated carbocycles. The van der Waals surface area contributed by atoms with E-state index in [9.17, 15) is 51.4 Å². The normalized spacial score (nSPS) is 14.1. The second-order valence-electron chi connectivity index (χ2n) is 9.31. The van der Waals surface area contributed by atoms with E-state index < -0.39 is 61.4 Å². The molecule has 0 saturated heterocycles. The Bertz CT molecular complexity index is 1320. The van der Waals surface area contributed by atoms with Gasteiger partial charge in [-0.1, -0.05) is 17.7 Å². The number of benzene rings is 2. The summed E-state index contributed by atoms with van der Waals surface area (Å²) in [4.78, 5) is 32.6. The van der Waals surface area contributed by atoms with Crippen LogP contribution in [0.2, 0.25) is 5.02 Å². The Kier molecular flexibility index (Phi) is 9.78. The lowest BCUT2D eigenvalue weighted by Crippen LogP contribution is -2.39. The molecule has 0 atom stereocenters. The lowest BCUT2D eigenvalue weighted by Gasteiger charge is -2.30. The standard InChI is InChI=1S/C17H19F3N2O4.C7H3ClF3NO2/c1-16(2,3)26-15(23)21-8-6-11(7-9-21)13-5-4-12(22(24)25)10-14(13)17(18,19)20;8-6-2-1-4(12(13)14)3-5(6)7(9,10)11/h4-6,10H,7-9H2,1-3H3;1-3H. The van der Waals surface area contributed by atoms with Gasteiger partial charge in [0.15, 0.2) is 0 Å². The van der Waals surface area contributed by atoms with Crippen LogP contribution in [0.3, 0.4) is 0 Å². The minimum Gasteiger partial charge on any atom is -0.444 e. The van der Waals surface area contributed by atoms with Gasteiger partial charge in [0.2, 0.25) is 0 Å². The summed E-state index contributed by atoms with van der Waals surface area (Å²) in [6.45, 7) is 5.49. The van der Waals surface area contributed by atoms with E-state index in [1.165, 1.54) is 11.0 Å². The first kappa shape index (κ1) is 32.3. The van der Waals surface area contributed by atoms with Crippen molar-refractivity contribution in [3.8, 4) is 0 Å². The summed E-state index contributed by atoms with van der Waals surface area (Å²) in [5, 5.41) is 20.4. The fraction of sp³-hybridized carbons (Fsp3) is 0.375. The van der Waals surface area contributed by atoms with Gasteiger partial charge in [-0.15, -0.1) is 0 Å². The molecule has 0 bridgehead atoms. The first-order chi connectivity index (χ1) is 18.2. The maximum atomic E-state index is 13.3. The van der Waals surface area contributed by atoms with Crippen LogP contribution < -0.4 is 0 Å². The van der Waals surface area contributed by atoms with Gasteiger partial charge in [0.05, 0.1) is 26.0 Å². The van der Waals surface area contributed by atoms with E-state index in [1.807, 2.05) is 0 Å². The van der Waals surface area contributed by atoms with Crippen LogP contribution in [0.4, 0.5) is 42.5 Å². The summed E-state index contributed by atoms with van der Waals surface area (Å²) in [5.41, 5.74) is -3.88.